The summed E-state index contributed by atoms with van der Waals surface area (Å²) in [6, 6.07) is 21.1. The second-order valence-corrected chi connectivity index (χ2v) is 6.28. The van der Waals surface area contributed by atoms with Gasteiger partial charge in [0.2, 0.25) is 0 Å². The molecule has 5 heteroatoms. The molecule has 3 rings (SSSR count). The topological polar surface area (TPSA) is 45.2 Å². The first-order valence-electron chi connectivity index (χ1n) is 8.03. The number of amides is 1. The minimum Gasteiger partial charge on any atom is -0.339 e. The second-order valence-electron chi connectivity index (χ2n) is 5.42. The van der Waals surface area contributed by atoms with Gasteiger partial charge in [-0.3, -0.25) is 4.79 Å². The molecule has 1 aromatic heterocycles. The Balaban J connectivity index is 1.77. The second kappa shape index (κ2) is 7.94. The summed E-state index contributed by atoms with van der Waals surface area (Å²) in [5.74, 6) is 0.625. The summed E-state index contributed by atoms with van der Waals surface area (Å²) >= 11 is 3.49. The van der Waals surface area contributed by atoms with Gasteiger partial charge in [0.25, 0.3) is 5.91 Å². The smallest absolute Gasteiger partial charge is 0.259 e. The molecule has 2 aromatic carbocycles. The summed E-state index contributed by atoms with van der Waals surface area (Å²) in [4.78, 5) is 18.9. The molecule has 0 bridgehead atoms. The van der Waals surface area contributed by atoms with Crippen LogP contribution in [0.4, 0.5) is 17.2 Å². The summed E-state index contributed by atoms with van der Waals surface area (Å²) in [5, 5.41) is 3.23. The molecule has 3 aromatic rings. The third kappa shape index (κ3) is 4.06. The van der Waals surface area contributed by atoms with Crippen LogP contribution in [-0.4, -0.2) is 17.4 Å². The fourth-order valence-electron chi connectivity index (χ4n) is 2.50. The van der Waals surface area contributed by atoms with Gasteiger partial charge >= 0.3 is 0 Å². The number of hydrogen-bond donors (Lipinski definition) is 1. The molecular formula is C20H18BrN3O. The van der Waals surface area contributed by atoms with E-state index in [-0.39, 0.29) is 5.91 Å². The van der Waals surface area contributed by atoms with Crippen LogP contribution in [0, 0.1) is 0 Å². The molecule has 1 N–H and O–H groups in total. The minimum atomic E-state index is -0.0614. The minimum absolute atomic E-state index is 0.0614. The van der Waals surface area contributed by atoms with Crippen molar-refractivity contribution >= 4 is 39.0 Å². The van der Waals surface area contributed by atoms with E-state index in [2.05, 4.69) is 26.2 Å². The van der Waals surface area contributed by atoms with Crippen molar-refractivity contribution in [1.29, 1.82) is 0 Å². The number of anilines is 3. The van der Waals surface area contributed by atoms with Crippen LogP contribution in [0.15, 0.2) is 77.4 Å². The van der Waals surface area contributed by atoms with Crippen LogP contribution >= 0.6 is 15.9 Å². The van der Waals surface area contributed by atoms with Crippen LogP contribution in [0.1, 0.15) is 17.3 Å². The zero-order valence-electron chi connectivity index (χ0n) is 13.8. The number of nitrogens with one attached hydrogen (secondary N) is 1. The fraction of sp³-hybridized carbons (Fsp3) is 0.100. The molecule has 0 saturated carbocycles. The Labute approximate surface area is 155 Å². The Morgan fingerprint density at radius 3 is 2.40 bits per heavy atom. The lowest BCUT2D eigenvalue weighted by Gasteiger charge is -2.21. The Kier molecular flexibility index (Phi) is 5.46. The van der Waals surface area contributed by atoms with Gasteiger partial charge in [0, 0.05) is 22.9 Å². The third-order valence-corrected chi connectivity index (χ3v) is 4.47. The zero-order valence-corrected chi connectivity index (χ0v) is 15.4. The van der Waals surface area contributed by atoms with E-state index < -0.39 is 0 Å². The van der Waals surface area contributed by atoms with E-state index >= 15 is 0 Å². The highest BCUT2D eigenvalue weighted by Gasteiger charge is 2.16. The van der Waals surface area contributed by atoms with Crippen molar-refractivity contribution in [1.82, 2.24) is 4.98 Å². The molecule has 0 fully saturated rings. The van der Waals surface area contributed by atoms with Gasteiger partial charge in [-0.1, -0.05) is 30.3 Å². The maximum absolute atomic E-state index is 12.8. The summed E-state index contributed by atoms with van der Waals surface area (Å²) in [7, 11) is 0. The molecule has 1 heterocycles. The molecule has 25 heavy (non-hydrogen) atoms. The Morgan fingerprint density at radius 2 is 1.76 bits per heavy atom. The van der Waals surface area contributed by atoms with Crippen molar-refractivity contribution < 1.29 is 4.79 Å². The van der Waals surface area contributed by atoms with E-state index in [1.165, 1.54) is 0 Å². The quantitative estimate of drug-likeness (QED) is 0.640. The van der Waals surface area contributed by atoms with Crippen molar-refractivity contribution in [3.8, 4) is 0 Å². The van der Waals surface area contributed by atoms with E-state index in [1.54, 1.807) is 17.2 Å². The van der Waals surface area contributed by atoms with Crippen LogP contribution < -0.4 is 10.2 Å². The first-order chi connectivity index (χ1) is 12.2. The number of carbonyl (C=O) groups is 1. The van der Waals surface area contributed by atoms with Crippen LogP contribution in [0.2, 0.25) is 0 Å². The van der Waals surface area contributed by atoms with Gasteiger partial charge in [-0.15, -0.1) is 0 Å². The van der Waals surface area contributed by atoms with E-state index in [4.69, 9.17) is 0 Å². The predicted molar refractivity (Wildman–Crippen MR) is 105 cm³/mol. The average Bonchev–Trinajstić information content (AvgIpc) is 2.66. The van der Waals surface area contributed by atoms with Gasteiger partial charge in [0.15, 0.2) is 0 Å². The Morgan fingerprint density at radius 1 is 1.04 bits per heavy atom. The molecule has 0 spiro atoms. The maximum atomic E-state index is 12.8. The number of benzene rings is 2. The van der Waals surface area contributed by atoms with Crippen molar-refractivity contribution in [2.24, 2.45) is 0 Å². The van der Waals surface area contributed by atoms with E-state index in [0.29, 0.717) is 17.9 Å². The first kappa shape index (κ1) is 17.2. The SMILES string of the molecule is CCN(C(=O)c1ccc(Nc2ccccc2Br)nc1)c1ccccc1. The lowest BCUT2D eigenvalue weighted by Crippen LogP contribution is -2.30. The number of halogens is 1. The summed E-state index contributed by atoms with van der Waals surface area (Å²) in [5.41, 5.74) is 2.36. The highest BCUT2D eigenvalue weighted by molar-refractivity contribution is 9.10. The number of hydrogen-bond acceptors (Lipinski definition) is 3. The lowest BCUT2D eigenvalue weighted by atomic mass is 10.2. The summed E-state index contributed by atoms with van der Waals surface area (Å²) in [6.45, 7) is 2.56. The van der Waals surface area contributed by atoms with Crippen LogP contribution in [0.5, 0.6) is 0 Å². The molecule has 0 aliphatic heterocycles. The third-order valence-electron chi connectivity index (χ3n) is 3.78. The van der Waals surface area contributed by atoms with Gasteiger partial charge in [-0.05, 0) is 59.3 Å². The molecule has 0 aliphatic carbocycles. The molecule has 126 valence electrons. The van der Waals surface area contributed by atoms with Crippen LogP contribution in [0.3, 0.4) is 0 Å². The van der Waals surface area contributed by atoms with Gasteiger partial charge in [-0.25, -0.2) is 4.98 Å². The van der Waals surface area contributed by atoms with E-state index in [9.17, 15) is 4.79 Å². The Hall–Kier alpha value is -2.66. The summed E-state index contributed by atoms with van der Waals surface area (Å²) in [6.07, 6.45) is 1.60. The standard InChI is InChI=1S/C20H18BrN3O/c1-2-24(16-8-4-3-5-9-16)20(25)15-12-13-19(22-14-15)23-18-11-7-6-10-17(18)21/h3-14H,2H2,1H3,(H,22,23). The van der Waals surface area contributed by atoms with Gasteiger partial charge in [-0.2, -0.15) is 0 Å². The number of nitrogens with zero attached hydrogens (tertiary/aromatic N) is 2. The van der Waals surface area contributed by atoms with E-state index in [1.807, 2.05) is 67.6 Å². The molecule has 0 atom stereocenters. The van der Waals surface area contributed by atoms with Crippen molar-refractivity contribution in [3.63, 3.8) is 0 Å². The highest BCUT2D eigenvalue weighted by Crippen LogP contribution is 2.24. The number of rotatable bonds is 5. The number of carbonyl (C=O) groups excluding carboxylic acids is 1. The highest BCUT2D eigenvalue weighted by atomic mass is 79.9. The maximum Gasteiger partial charge on any atom is 0.259 e. The van der Waals surface area contributed by atoms with E-state index in [0.717, 1.165) is 15.8 Å². The van der Waals surface area contributed by atoms with Crippen molar-refractivity contribution in [2.75, 3.05) is 16.8 Å². The number of pyridine rings is 1. The molecule has 4 nitrogen and oxygen atoms in total. The van der Waals surface area contributed by atoms with Crippen molar-refractivity contribution in [3.05, 3.63) is 83.0 Å². The summed E-state index contributed by atoms with van der Waals surface area (Å²) < 4.78 is 0.957. The van der Waals surface area contributed by atoms with Gasteiger partial charge < -0.3 is 10.2 Å². The van der Waals surface area contributed by atoms with Crippen molar-refractivity contribution in [2.45, 2.75) is 6.92 Å². The normalized spacial score (nSPS) is 10.3. The molecule has 0 aliphatic rings. The van der Waals surface area contributed by atoms with Crippen LogP contribution in [0.25, 0.3) is 0 Å². The molecule has 0 saturated heterocycles. The fourth-order valence-corrected chi connectivity index (χ4v) is 2.89. The van der Waals surface area contributed by atoms with Crippen LogP contribution in [-0.2, 0) is 0 Å². The molecule has 1 amide bonds. The molecule has 0 unspecified atom stereocenters. The zero-order chi connectivity index (χ0) is 17.6. The van der Waals surface area contributed by atoms with Gasteiger partial charge in [0.05, 0.1) is 11.3 Å². The largest absolute Gasteiger partial charge is 0.339 e. The lowest BCUT2D eigenvalue weighted by molar-refractivity contribution is 0.0988. The number of para-hydroxylation sites is 2. The monoisotopic (exact) mass is 395 g/mol. The molecular weight excluding hydrogens is 378 g/mol. The average molecular weight is 396 g/mol. The number of aromatic nitrogens is 1. The van der Waals surface area contributed by atoms with Gasteiger partial charge in [0.1, 0.15) is 5.82 Å². The Bertz CT molecular complexity index is 850. The predicted octanol–water partition coefficient (Wildman–Crippen LogP) is 5.25. The first-order valence-corrected chi connectivity index (χ1v) is 8.83. The molecule has 0 radical (unpaired) electrons.